The molecule has 0 radical (unpaired) electrons. The summed E-state index contributed by atoms with van der Waals surface area (Å²) < 4.78 is 0. The number of aliphatic hydroxyl groups is 1. The third-order valence-electron chi connectivity index (χ3n) is 2.73. The van der Waals surface area contributed by atoms with Crippen molar-refractivity contribution in [1.82, 2.24) is 4.98 Å². The van der Waals surface area contributed by atoms with Crippen LogP contribution in [-0.4, -0.2) is 29.3 Å². The summed E-state index contributed by atoms with van der Waals surface area (Å²) in [7, 11) is 0. The van der Waals surface area contributed by atoms with Gasteiger partial charge in [-0.15, -0.1) is 11.3 Å². The highest BCUT2D eigenvalue weighted by molar-refractivity contribution is 7.13. The Morgan fingerprint density at radius 3 is 3.23 bits per heavy atom. The van der Waals surface area contributed by atoms with E-state index in [1.165, 1.54) is 0 Å². The van der Waals surface area contributed by atoms with Gasteiger partial charge in [0.05, 0.1) is 12.6 Å². The summed E-state index contributed by atoms with van der Waals surface area (Å²) in [6.07, 6.45) is 2.97. The van der Waals surface area contributed by atoms with E-state index >= 15 is 0 Å². The van der Waals surface area contributed by atoms with Crippen LogP contribution in [-0.2, 0) is 0 Å². The number of anilines is 1. The highest BCUT2D eigenvalue weighted by Gasteiger charge is 2.31. The standard InChI is InChI=1S/C9H14N2OS/c1-7-2-4-11(8(7)6-12)9-10-3-5-13-9/h3,5,7-8,12H,2,4,6H2,1H3. The first-order chi connectivity index (χ1) is 6.33. The van der Waals surface area contributed by atoms with Crippen molar-refractivity contribution in [2.75, 3.05) is 18.1 Å². The number of rotatable bonds is 2. The monoisotopic (exact) mass is 198 g/mol. The minimum atomic E-state index is 0.237. The summed E-state index contributed by atoms with van der Waals surface area (Å²) in [6, 6.07) is 0.270. The molecular formula is C9H14N2OS. The van der Waals surface area contributed by atoms with E-state index < -0.39 is 0 Å². The fourth-order valence-corrected chi connectivity index (χ4v) is 2.61. The molecule has 0 amide bonds. The molecule has 0 bridgehead atoms. The highest BCUT2D eigenvalue weighted by atomic mass is 32.1. The molecule has 4 heteroatoms. The fraction of sp³-hybridized carbons (Fsp3) is 0.667. The van der Waals surface area contributed by atoms with Gasteiger partial charge >= 0.3 is 0 Å². The van der Waals surface area contributed by atoms with Gasteiger partial charge in [-0.3, -0.25) is 0 Å². The molecule has 1 fully saturated rings. The summed E-state index contributed by atoms with van der Waals surface area (Å²) in [5.74, 6) is 0.578. The first-order valence-electron chi connectivity index (χ1n) is 4.60. The normalized spacial score (nSPS) is 28.3. The van der Waals surface area contributed by atoms with Gasteiger partial charge in [0.15, 0.2) is 5.13 Å². The summed E-state index contributed by atoms with van der Waals surface area (Å²) in [5, 5.41) is 12.3. The molecule has 1 aromatic rings. The van der Waals surface area contributed by atoms with Crippen LogP contribution in [0.4, 0.5) is 5.13 Å². The molecule has 1 N–H and O–H groups in total. The highest BCUT2D eigenvalue weighted by Crippen LogP contribution is 2.30. The van der Waals surface area contributed by atoms with Gasteiger partial charge in [0.2, 0.25) is 0 Å². The number of hydrogen-bond donors (Lipinski definition) is 1. The lowest BCUT2D eigenvalue weighted by atomic mass is 10.0. The smallest absolute Gasteiger partial charge is 0.185 e. The Morgan fingerprint density at radius 1 is 1.77 bits per heavy atom. The molecular weight excluding hydrogens is 184 g/mol. The van der Waals surface area contributed by atoms with E-state index in [9.17, 15) is 5.11 Å². The van der Waals surface area contributed by atoms with Crippen LogP contribution in [0.1, 0.15) is 13.3 Å². The maximum absolute atomic E-state index is 9.24. The minimum absolute atomic E-state index is 0.237. The molecule has 1 aliphatic rings. The molecule has 2 heterocycles. The number of nitrogens with zero attached hydrogens (tertiary/aromatic N) is 2. The second kappa shape index (κ2) is 3.64. The number of hydrogen-bond acceptors (Lipinski definition) is 4. The molecule has 2 rings (SSSR count). The van der Waals surface area contributed by atoms with Crippen LogP contribution in [0, 0.1) is 5.92 Å². The quantitative estimate of drug-likeness (QED) is 0.779. The zero-order valence-corrected chi connectivity index (χ0v) is 8.50. The first-order valence-corrected chi connectivity index (χ1v) is 5.48. The summed E-state index contributed by atoms with van der Waals surface area (Å²) in [4.78, 5) is 6.48. The van der Waals surface area contributed by atoms with Gasteiger partial charge in [-0.2, -0.15) is 0 Å². The van der Waals surface area contributed by atoms with Crippen LogP contribution in [0.5, 0.6) is 0 Å². The lowest BCUT2D eigenvalue weighted by molar-refractivity contribution is 0.244. The summed E-state index contributed by atoms with van der Waals surface area (Å²) in [5.41, 5.74) is 0. The molecule has 72 valence electrons. The second-order valence-corrected chi connectivity index (χ2v) is 4.40. The average molecular weight is 198 g/mol. The largest absolute Gasteiger partial charge is 0.394 e. The van der Waals surface area contributed by atoms with Crippen LogP contribution in [0.2, 0.25) is 0 Å². The van der Waals surface area contributed by atoms with Crippen LogP contribution in [0.3, 0.4) is 0 Å². The predicted molar refractivity (Wildman–Crippen MR) is 54.1 cm³/mol. The third-order valence-corrected chi connectivity index (χ3v) is 3.54. The first kappa shape index (κ1) is 8.97. The minimum Gasteiger partial charge on any atom is -0.394 e. The number of aromatic nitrogens is 1. The fourth-order valence-electron chi connectivity index (χ4n) is 1.88. The van der Waals surface area contributed by atoms with Crippen molar-refractivity contribution in [2.24, 2.45) is 5.92 Å². The molecule has 1 aliphatic heterocycles. The molecule has 3 nitrogen and oxygen atoms in total. The molecule has 2 atom stereocenters. The van der Waals surface area contributed by atoms with Gasteiger partial charge in [0.1, 0.15) is 0 Å². The number of thiazole rings is 1. The van der Waals surface area contributed by atoms with Crippen molar-refractivity contribution in [1.29, 1.82) is 0 Å². The van der Waals surface area contributed by atoms with Gasteiger partial charge in [0, 0.05) is 18.1 Å². The molecule has 1 saturated heterocycles. The van der Waals surface area contributed by atoms with Crippen molar-refractivity contribution in [3.63, 3.8) is 0 Å². The maximum Gasteiger partial charge on any atom is 0.185 e. The van der Waals surface area contributed by atoms with Gasteiger partial charge in [0.25, 0.3) is 0 Å². The Bertz CT molecular complexity index is 263. The van der Waals surface area contributed by atoms with E-state index in [4.69, 9.17) is 0 Å². The third kappa shape index (κ3) is 1.56. The van der Waals surface area contributed by atoms with E-state index in [1.54, 1.807) is 11.3 Å². The van der Waals surface area contributed by atoms with Crippen molar-refractivity contribution < 1.29 is 5.11 Å². The summed E-state index contributed by atoms with van der Waals surface area (Å²) >= 11 is 1.65. The van der Waals surface area contributed by atoms with E-state index in [0.29, 0.717) is 5.92 Å². The Balaban J connectivity index is 2.16. The van der Waals surface area contributed by atoms with Gasteiger partial charge < -0.3 is 10.0 Å². The van der Waals surface area contributed by atoms with Crippen molar-refractivity contribution in [3.8, 4) is 0 Å². The lowest BCUT2D eigenvalue weighted by Gasteiger charge is -2.24. The molecule has 13 heavy (non-hydrogen) atoms. The SMILES string of the molecule is CC1CCN(c2nccs2)C1CO. The Hall–Kier alpha value is -0.610. The Labute approximate surface area is 82.0 Å². The molecule has 0 spiro atoms. The Morgan fingerprint density at radius 2 is 2.62 bits per heavy atom. The van der Waals surface area contributed by atoms with E-state index in [0.717, 1.165) is 18.1 Å². The van der Waals surface area contributed by atoms with Crippen LogP contribution in [0.15, 0.2) is 11.6 Å². The second-order valence-electron chi connectivity index (χ2n) is 3.52. The maximum atomic E-state index is 9.24. The average Bonchev–Trinajstić information content (AvgIpc) is 2.71. The molecule has 0 aromatic carbocycles. The topological polar surface area (TPSA) is 36.4 Å². The Kier molecular flexibility index (Phi) is 2.51. The van der Waals surface area contributed by atoms with E-state index in [1.807, 2.05) is 11.6 Å². The predicted octanol–water partition coefficient (Wildman–Crippen LogP) is 1.35. The molecule has 0 aliphatic carbocycles. The van der Waals surface area contributed by atoms with E-state index in [2.05, 4.69) is 16.8 Å². The number of aliphatic hydroxyl groups excluding tert-OH is 1. The zero-order chi connectivity index (χ0) is 9.26. The van der Waals surface area contributed by atoms with Crippen molar-refractivity contribution in [3.05, 3.63) is 11.6 Å². The van der Waals surface area contributed by atoms with Crippen molar-refractivity contribution >= 4 is 16.5 Å². The van der Waals surface area contributed by atoms with Crippen LogP contribution in [0.25, 0.3) is 0 Å². The van der Waals surface area contributed by atoms with E-state index in [-0.39, 0.29) is 12.6 Å². The van der Waals surface area contributed by atoms with Crippen LogP contribution >= 0.6 is 11.3 Å². The molecule has 0 saturated carbocycles. The van der Waals surface area contributed by atoms with Crippen LogP contribution < -0.4 is 4.90 Å². The van der Waals surface area contributed by atoms with Gasteiger partial charge in [-0.25, -0.2) is 4.98 Å². The van der Waals surface area contributed by atoms with Gasteiger partial charge in [-0.05, 0) is 12.3 Å². The molecule has 1 aromatic heterocycles. The lowest BCUT2D eigenvalue weighted by Crippen LogP contribution is -2.34. The molecule has 2 unspecified atom stereocenters. The summed E-state index contributed by atoms with van der Waals surface area (Å²) in [6.45, 7) is 3.45. The zero-order valence-electron chi connectivity index (χ0n) is 7.68. The van der Waals surface area contributed by atoms with Crippen molar-refractivity contribution in [2.45, 2.75) is 19.4 Å². The van der Waals surface area contributed by atoms with Gasteiger partial charge in [-0.1, -0.05) is 6.92 Å².